The molecule has 0 aliphatic carbocycles. The van der Waals surface area contributed by atoms with E-state index in [1.807, 2.05) is 11.9 Å². The van der Waals surface area contributed by atoms with E-state index in [1.165, 1.54) is 0 Å². The molecule has 0 heterocycles. The summed E-state index contributed by atoms with van der Waals surface area (Å²) in [5, 5.41) is 11.9. The lowest BCUT2D eigenvalue weighted by molar-refractivity contribution is -0.116. The van der Waals surface area contributed by atoms with Gasteiger partial charge in [0.2, 0.25) is 5.91 Å². The smallest absolute Gasteiger partial charge is 0.225 e. The Bertz CT molecular complexity index is 412. The number of nitrogens with two attached hydrogens (primary N) is 1. The van der Waals surface area contributed by atoms with Crippen LogP contribution in [0.1, 0.15) is 6.42 Å². The highest BCUT2D eigenvalue weighted by atomic mass is 35.5. The first-order chi connectivity index (χ1) is 8.52. The number of hydrogen-bond acceptors (Lipinski definition) is 4. The molecule has 0 saturated heterocycles. The summed E-state index contributed by atoms with van der Waals surface area (Å²) >= 11 is 5.79. The zero-order valence-electron chi connectivity index (χ0n) is 10.3. The summed E-state index contributed by atoms with van der Waals surface area (Å²) in [6.07, 6.45) is 0.360. The van der Waals surface area contributed by atoms with Crippen molar-refractivity contribution in [2.24, 2.45) is 0 Å². The molecule has 1 rings (SSSR count). The summed E-state index contributed by atoms with van der Waals surface area (Å²) in [7, 11) is 1.85. The van der Waals surface area contributed by atoms with E-state index >= 15 is 0 Å². The molecular weight excluding hydrogens is 254 g/mol. The van der Waals surface area contributed by atoms with Gasteiger partial charge in [0.05, 0.1) is 17.3 Å². The van der Waals surface area contributed by atoms with Gasteiger partial charge in [-0.25, -0.2) is 0 Å². The van der Waals surface area contributed by atoms with Crippen LogP contribution < -0.4 is 11.1 Å². The van der Waals surface area contributed by atoms with Crippen LogP contribution in [-0.2, 0) is 4.79 Å². The second-order valence-corrected chi connectivity index (χ2v) is 4.47. The topological polar surface area (TPSA) is 78.6 Å². The number of rotatable bonds is 6. The van der Waals surface area contributed by atoms with Gasteiger partial charge in [-0.3, -0.25) is 4.79 Å². The van der Waals surface area contributed by atoms with E-state index < -0.39 is 0 Å². The van der Waals surface area contributed by atoms with E-state index in [4.69, 9.17) is 22.4 Å². The number of aliphatic hydroxyl groups is 1. The van der Waals surface area contributed by atoms with Crippen molar-refractivity contribution in [3.8, 4) is 0 Å². The van der Waals surface area contributed by atoms with Gasteiger partial charge in [0.1, 0.15) is 0 Å². The molecule has 0 fully saturated rings. The highest BCUT2D eigenvalue weighted by Gasteiger charge is 2.06. The lowest BCUT2D eigenvalue weighted by Crippen LogP contribution is -2.26. The van der Waals surface area contributed by atoms with Crippen molar-refractivity contribution in [2.75, 3.05) is 37.8 Å². The fourth-order valence-electron chi connectivity index (χ4n) is 1.42. The number of amides is 1. The van der Waals surface area contributed by atoms with Gasteiger partial charge in [0.15, 0.2) is 0 Å². The maximum atomic E-state index is 11.6. The number of benzene rings is 1. The first-order valence-electron chi connectivity index (χ1n) is 5.67. The van der Waals surface area contributed by atoms with E-state index in [2.05, 4.69) is 5.32 Å². The molecule has 1 amide bonds. The minimum absolute atomic E-state index is 0.0891. The Balaban J connectivity index is 2.42. The van der Waals surface area contributed by atoms with Gasteiger partial charge in [-0.15, -0.1) is 0 Å². The summed E-state index contributed by atoms with van der Waals surface area (Å²) in [5.74, 6) is -0.0958. The molecule has 0 radical (unpaired) electrons. The Labute approximate surface area is 112 Å². The number of likely N-dealkylation sites (N-methyl/N-ethyl adjacent to an activating group) is 1. The van der Waals surface area contributed by atoms with Crippen molar-refractivity contribution in [1.29, 1.82) is 0 Å². The number of nitrogens with zero attached hydrogens (tertiary/aromatic N) is 1. The third-order valence-corrected chi connectivity index (χ3v) is 2.83. The molecule has 5 nitrogen and oxygen atoms in total. The number of carbonyl (C=O) groups is 1. The molecule has 1 aromatic carbocycles. The van der Waals surface area contributed by atoms with Gasteiger partial charge in [-0.2, -0.15) is 0 Å². The van der Waals surface area contributed by atoms with Gasteiger partial charge >= 0.3 is 0 Å². The molecule has 4 N–H and O–H groups in total. The number of hydrogen-bond donors (Lipinski definition) is 3. The van der Waals surface area contributed by atoms with E-state index in [-0.39, 0.29) is 12.5 Å². The van der Waals surface area contributed by atoms with E-state index in [9.17, 15) is 4.79 Å². The maximum absolute atomic E-state index is 11.6. The van der Waals surface area contributed by atoms with Gasteiger partial charge in [0.25, 0.3) is 0 Å². The number of nitrogens with one attached hydrogen (secondary N) is 1. The summed E-state index contributed by atoms with van der Waals surface area (Å²) in [5.41, 5.74) is 6.71. The fraction of sp³-hybridized carbons (Fsp3) is 0.417. The van der Waals surface area contributed by atoms with Gasteiger partial charge in [-0.05, 0) is 25.2 Å². The van der Waals surface area contributed by atoms with E-state index in [0.29, 0.717) is 35.9 Å². The SMILES string of the molecule is CN(CCO)CCC(=O)Nc1ccc(Cl)c(N)c1. The van der Waals surface area contributed by atoms with Crippen LogP contribution in [0.2, 0.25) is 5.02 Å². The lowest BCUT2D eigenvalue weighted by Gasteiger charge is -2.14. The first kappa shape index (κ1) is 14.8. The predicted molar refractivity (Wildman–Crippen MR) is 73.7 cm³/mol. The summed E-state index contributed by atoms with van der Waals surface area (Å²) < 4.78 is 0. The Kier molecular flexibility index (Phi) is 5.91. The van der Waals surface area contributed by atoms with Crippen LogP contribution in [0.15, 0.2) is 18.2 Å². The van der Waals surface area contributed by atoms with Gasteiger partial charge in [0, 0.05) is 25.2 Å². The van der Waals surface area contributed by atoms with Crippen molar-refractivity contribution in [1.82, 2.24) is 4.90 Å². The molecule has 0 aliphatic heterocycles. The minimum atomic E-state index is -0.0958. The first-order valence-corrected chi connectivity index (χ1v) is 6.05. The molecule has 100 valence electrons. The molecule has 0 unspecified atom stereocenters. The van der Waals surface area contributed by atoms with Crippen molar-refractivity contribution in [2.45, 2.75) is 6.42 Å². The molecular formula is C12H18ClN3O2. The van der Waals surface area contributed by atoms with Crippen molar-refractivity contribution >= 4 is 28.9 Å². The average Bonchev–Trinajstić information content (AvgIpc) is 2.32. The quantitative estimate of drug-likeness (QED) is 0.679. The predicted octanol–water partition coefficient (Wildman–Crippen LogP) is 1.17. The van der Waals surface area contributed by atoms with Crippen LogP contribution in [0.5, 0.6) is 0 Å². The summed E-state index contributed by atoms with van der Waals surface area (Å²) in [6.45, 7) is 1.24. The minimum Gasteiger partial charge on any atom is -0.397 e. The Morgan fingerprint density at radius 1 is 1.50 bits per heavy atom. The van der Waals surface area contributed by atoms with Crippen molar-refractivity contribution in [3.05, 3.63) is 23.2 Å². The van der Waals surface area contributed by atoms with Crippen molar-refractivity contribution in [3.63, 3.8) is 0 Å². The Morgan fingerprint density at radius 3 is 2.83 bits per heavy atom. The number of anilines is 2. The second-order valence-electron chi connectivity index (χ2n) is 4.06. The van der Waals surface area contributed by atoms with Crippen molar-refractivity contribution < 1.29 is 9.90 Å². The van der Waals surface area contributed by atoms with Crippen LogP contribution in [0.4, 0.5) is 11.4 Å². The zero-order valence-corrected chi connectivity index (χ0v) is 11.1. The van der Waals surface area contributed by atoms with Gasteiger partial charge < -0.3 is 21.1 Å². The third kappa shape index (κ3) is 4.91. The highest BCUT2D eigenvalue weighted by molar-refractivity contribution is 6.33. The number of nitrogen functional groups attached to an aromatic ring is 1. The van der Waals surface area contributed by atoms with Gasteiger partial charge in [-0.1, -0.05) is 11.6 Å². The molecule has 0 bridgehead atoms. The average molecular weight is 272 g/mol. The normalized spacial score (nSPS) is 10.7. The van der Waals surface area contributed by atoms with Crippen LogP contribution >= 0.6 is 11.6 Å². The van der Waals surface area contributed by atoms with Crippen LogP contribution in [0.25, 0.3) is 0 Å². The maximum Gasteiger partial charge on any atom is 0.225 e. The standard InChI is InChI=1S/C12H18ClN3O2/c1-16(6-7-17)5-4-12(18)15-9-2-3-10(13)11(14)8-9/h2-3,8,17H,4-7,14H2,1H3,(H,15,18). The molecule has 0 saturated carbocycles. The third-order valence-electron chi connectivity index (χ3n) is 2.48. The molecule has 18 heavy (non-hydrogen) atoms. The highest BCUT2D eigenvalue weighted by Crippen LogP contribution is 2.22. The van der Waals surface area contributed by atoms with Crippen LogP contribution in [-0.4, -0.2) is 42.7 Å². The molecule has 0 aliphatic rings. The molecule has 0 atom stereocenters. The molecule has 0 spiro atoms. The largest absolute Gasteiger partial charge is 0.397 e. The van der Waals surface area contributed by atoms with E-state index in [0.717, 1.165) is 0 Å². The Hall–Kier alpha value is -1.30. The number of aliphatic hydroxyl groups excluding tert-OH is 1. The summed E-state index contributed by atoms with van der Waals surface area (Å²) in [4.78, 5) is 13.5. The summed E-state index contributed by atoms with van der Waals surface area (Å²) in [6, 6.07) is 4.97. The Morgan fingerprint density at radius 2 is 2.22 bits per heavy atom. The zero-order chi connectivity index (χ0) is 13.5. The fourth-order valence-corrected chi connectivity index (χ4v) is 1.54. The monoisotopic (exact) mass is 271 g/mol. The lowest BCUT2D eigenvalue weighted by atomic mass is 10.2. The van der Waals surface area contributed by atoms with Crippen LogP contribution in [0.3, 0.4) is 0 Å². The molecule has 0 aromatic heterocycles. The van der Waals surface area contributed by atoms with Crippen LogP contribution in [0, 0.1) is 0 Å². The second kappa shape index (κ2) is 7.20. The van der Waals surface area contributed by atoms with E-state index in [1.54, 1.807) is 18.2 Å². The number of halogens is 1. The molecule has 1 aromatic rings. The number of carbonyl (C=O) groups excluding carboxylic acids is 1. The molecule has 6 heteroatoms.